The zero-order valence-electron chi connectivity index (χ0n) is 21.9. The maximum absolute atomic E-state index is 17.3. The summed E-state index contributed by atoms with van der Waals surface area (Å²) in [7, 11) is -1.35. The van der Waals surface area contributed by atoms with Crippen molar-refractivity contribution >= 4 is 34.3 Å². The van der Waals surface area contributed by atoms with Gasteiger partial charge in [-0.15, -0.1) is 0 Å². The van der Waals surface area contributed by atoms with Crippen molar-refractivity contribution < 1.29 is 10.3 Å². The molecule has 34 heavy (non-hydrogen) atoms. The molecule has 0 unspecified atom stereocenters. The monoisotopic (exact) mass is 574 g/mol. The summed E-state index contributed by atoms with van der Waals surface area (Å²) < 4.78 is 32.2. The van der Waals surface area contributed by atoms with Gasteiger partial charge in [-0.2, -0.15) is 0 Å². The zero-order valence-corrected chi connectivity index (χ0v) is 24.5. The van der Waals surface area contributed by atoms with Gasteiger partial charge < -0.3 is 0 Å². The molecule has 0 N–H and O–H groups in total. The molecular weight excluding hydrogens is 536 g/mol. The first-order chi connectivity index (χ1) is 15.9. The summed E-state index contributed by atoms with van der Waals surface area (Å²) in [6.07, 6.45) is 3.03. The van der Waals surface area contributed by atoms with Gasteiger partial charge in [0, 0.05) is 0 Å². The van der Waals surface area contributed by atoms with Crippen molar-refractivity contribution in [3.05, 3.63) is 53.6 Å². The van der Waals surface area contributed by atoms with Gasteiger partial charge in [0.15, 0.2) is 0 Å². The Kier molecular flexibility index (Phi) is 7.24. The van der Waals surface area contributed by atoms with Gasteiger partial charge in [0.2, 0.25) is 0 Å². The van der Waals surface area contributed by atoms with Crippen LogP contribution in [-0.2, 0) is 0 Å². The molecule has 4 nitrogen and oxygen atoms in total. The molecule has 1 saturated heterocycles. The number of anilines is 1. The second-order valence-electron chi connectivity index (χ2n) is 11.5. The topological polar surface area (TPSA) is 24.9 Å². The predicted octanol–water partition coefficient (Wildman–Crippen LogP) is 7.19. The van der Waals surface area contributed by atoms with E-state index in [1.165, 1.54) is 0 Å². The molecule has 2 heterocycles. The molecule has 1 fully saturated rings. The normalized spacial score (nSPS) is 19.6. The first kappa shape index (κ1) is 25.7. The fourth-order valence-corrected chi connectivity index (χ4v) is 9.91. The van der Waals surface area contributed by atoms with Crippen molar-refractivity contribution in [3.63, 3.8) is 0 Å². The number of hydrogen-bond donors (Lipinski definition) is 0. The van der Waals surface area contributed by atoms with Crippen LogP contribution in [0.25, 0.3) is 0 Å². The molecule has 0 saturated carbocycles. The van der Waals surface area contributed by atoms with Crippen molar-refractivity contribution in [1.82, 2.24) is 4.81 Å². The van der Waals surface area contributed by atoms with Crippen LogP contribution in [0, 0.1) is 0 Å². The summed E-state index contributed by atoms with van der Waals surface area (Å²) in [5.41, 5.74) is 2.70. The number of halogens is 1. The number of piperidine rings is 1. The number of benzene rings is 2. The van der Waals surface area contributed by atoms with Crippen molar-refractivity contribution in [1.29, 1.82) is 0 Å². The zero-order chi connectivity index (χ0) is 24.8. The van der Waals surface area contributed by atoms with Gasteiger partial charge in [-0.05, 0) is 0 Å². The summed E-state index contributed by atoms with van der Waals surface area (Å²) in [6, 6.07) is 14.1. The molecular formula is C27H39BFN2O2Sb. The molecule has 0 atom stereocenters. The predicted molar refractivity (Wildman–Crippen MR) is 141 cm³/mol. The third-order valence-electron chi connectivity index (χ3n) is 7.25. The minimum atomic E-state index is -3.25. The van der Waals surface area contributed by atoms with E-state index in [1.807, 2.05) is 27.2 Å². The van der Waals surface area contributed by atoms with Crippen LogP contribution in [0.2, 0.25) is 0 Å². The van der Waals surface area contributed by atoms with E-state index in [0.29, 0.717) is 0 Å². The summed E-state index contributed by atoms with van der Waals surface area (Å²) in [4.78, 5) is 2.09. The van der Waals surface area contributed by atoms with Crippen LogP contribution in [-0.4, -0.2) is 44.5 Å². The van der Waals surface area contributed by atoms with Crippen LogP contribution in [0.4, 0.5) is 10.0 Å². The van der Waals surface area contributed by atoms with Crippen LogP contribution >= 0.6 is 0 Å². The molecule has 0 spiro atoms. The Labute approximate surface area is 214 Å². The van der Waals surface area contributed by atoms with Gasteiger partial charge in [-0.25, -0.2) is 0 Å². The van der Waals surface area contributed by atoms with Gasteiger partial charge >= 0.3 is 215 Å². The van der Waals surface area contributed by atoms with Crippen LogP contribution in [0.1, 0.15) is 97.6 Å². The third-order valence-corrected chi connectivity index (χ3v) is 11.4. The van der Waals surface area contributed by atoms with E-state index in [1.54, 1.807) is 0 Å². The van der Waals surface area contributed by atoms with Crippen molar-refractivity contribution in [3.8, 4) is 11.5 Å². The van der Waals surface area contributed by atoms with Gasteiger partial charge in [0.25, 0.3) is 0 Å². The van der Waals surface area contributed by atoms with E-state index in [-0.39, 0.29) is 22.9 Å². The van der Waals surface area contributed by atoms with E-state index < -0.39 is 28.6 Å². The molecule has 2 aromatic rings. The molecule has 2 aromatic carbocycles. The van der Waals surface area contributed by atoms with E-state index in [9.17, 15) is 0 Å². The Morgan fingerprint density at radius 3 is 1.76 bits per heavy atom. The molecule has 0 bridgehead atoms. The van der Waals surface area contributed by atoms with E-state index in [2.05, 4.69) is 78.4 Å². The Morgan fingerprint density at radius 1 is 0.853 bits per heavy atom. The molecule has 4 rings (SSSR count). The quantitative estimate of drug-likeness (QED) is 0.341. The molecule has 0 aliphatic carbocycles. The molecule has 7 heteroatoms. The first-order valence-corrected chi connectivity index (χ1v) is 15.8. The summed E-state index contributed by atoms with van der Waals surface area (Å²) >= 11 is -3.25. The molecule has 0 aromatic heterocycles. The van der Waals surface area contributed by atoms with E-state index in [0.717, 1.165) is 47.6 Å². The number of nitrogens with zero attached hydrogens (tertiary/aromatic N) is 2. The van der Waals surface area contributed by atoms with Crippen molar-refractivity contribution in [2.75, 3.05) is 2.97 Å². The Hall–Kier alpha value is -1.39. The van der Waals surface area contributed by atoms with Gasteiger partial charge in [-0.3, -0.25) is 0 Å². The van der Waals surface area contributed by atoms with Crippen LogP contribution in [0.15, 0.2) is 42.5 Å². The Morgan fingerprint density at radius 2 is 1.32 bits per heavy atom. The SMILES string of the molecule is CC(C)c1cccc(C(C)C)c1[N](B(F)N1C(C)(C)CCCC1(C)C)[Sb]1[O]c2ccccc2[O]1. The second kappa shape index (κ2) is 9.58. The molecule has 184 valence electrons. The maximum atomic E-state index is 17.3. The van der Waals surface area contributed by atoms with Crippen LogP contribution in [0.3, 0.4) is 0 Å². The minimum absolute atomic E-state index is 0.247. The molecule has 2 aliphatic heterocycles. The second-order valence-corrected chi connectivity index (χ2v) is 15.1. The number of fused-ring (bicyclic) bond motifs is 1. The van der Waals surface area contributed by atoms with Crippen LogP contribution in [0.5, 0.6) is 11.5 Å². The van der Waals surface area contributed by atoms with E-state index in [4.69, 9.17) is 6.03 Å². The molecule has 0 amide bonds. The average molecular weight is 575 g/mol. The number of para-hydroxylation sites is 3. The van der Waals surface area contributed by atoms with Crippen molar-refractivity contribution in [2.45, 2.75) is 97.6 Å². The van der Waals surface area contributed by atoms with Crippen LogP contribution < -0.4 is 9.00 Å². The molecule has 2 aliphatic rings. The summed E-state index contributed by atoms with van der Waals surface area (Å²) in [5.74, 6) is 1.95. The Balaban J connectivity index is 1.90. The standard InChI is InChI=1S/C21H35BFN2.C6H6O2.Sb/c1-15(2)17-11-9-12-18(16(3)4)19(17)24-22(23)25-20(5,6)13-10-14-21(25,7)8;7-5-3-1-2-4-6(5)8;/h9,11-12,15-16H,10,13-14H2,1-8H3;1-4,7-8H;/q-1;;+3/p-2. The number of rotatable bonds is 6. The third kappa shape index (κ3) is 4.70. The van der Waals surface area contributed by atoms with Gasteiger partial charge in [-0.1, -0.05) is 0 Å². The fourth-order valence-electron chi connectivity index (χ4n) is 5.62. The average Bonchev–Trinajstić information content (AvgIpc) is 3.15. The molecule has 0 radical (unpaired) electrons. The number of hydrogen-bond acceptors (Lipinski definition) is 4. The summed E-state index contributed by atoms with van der Waals surface area (Å²) in [5, 5.41) is 0. The van der Waals surface area contributed by atoms with E-state index >= 15 is 4.32 Å². The fraction of sp³-hybridized carbons (Fsp3) is 0.556. The summed E-state index contributed by atoms with van der Waals surface area (Å²) in [6.45, 7) is 17.4. The van der Waals surface area contributed by atoms with Gasteiger partial charge in [0.1, 0.15) is 0 Å². The van der Waals surface area contributed by atoms with Crippen molar-refractivity contribution in [2.24, 2.45) is 0 Å². The Bertz CT molecular complexity index is 962. The van der Waals surface area contributed by atoms with Gasteiger partial charge in [0.05, 0.1) is 0 Å². The first-order valence-electron chi connectivity index (χ1n) is 12.5.